The van der Waals surface area contributed by atoms with Crippen molar-refractivity contribution >= 4 is 11.9 Å². The summed E-state index contributed by atoms with van der Waals surface area (Å²) in [5.74, 6) is 7.85. The van der Waals surface area contributed by atoms with E-state index in [1.54, 1.807) is 97.6 Å². The van der Waals surface area contributed by atoms with Crippen molar-refractivity contribution in [3.8, 4) is 0 Å². The number of hydrogen-bond donors (Lipinski definition) is 0. The summed E-state index contributed by atoms with van der Waals surface area (Å²) in [6.45, 7) is 0. The molecule has 0 N–H and O–H groups in total. The van der Waals surface area contributed by atoms with Crippen molar-refractivity contribution in [2.24, 2.45) is 35.5 Å². The molecule has 22 aliphatic rings. The lowest BCUT2D eigenvalue weighted by molar-refractivity contribution is 0.0198. The predicted molar refractivity (Wildman–Crippen MR) is 558 cm³/mol. The lowest BCUT2D eigenvalue weighted by Gasteiger charge is -2.49. The van der Waals surface area contributed by atoms with Gasteiger partial charge in [0.1, 0.15) is 0 Å². The van der Waals surface area contributed by atoms with E-state index in [-0.39, 0.29) is 0 Å². The van der Waals surface area contributed by atoms with Gasteiger partial charge in [0.15, 0.2) is 5.78 Å². The summed E-state index contributed by atoms with van der Waals surface area (Å²) in [6.07, 6.45) is 138. The number of carbonyl (C=O) groups excluding carboxylic acids is 1. The molecule has 0 amide bonds. The number of benzene rings is 5. The minimum atomic E-state index is 0.312. The molecule has 1 nitrogen and oxygen atoms in total. The van der Waals surface area contributed by atoms with Gasteiger partial charge in [-0.15, -0.1) is 0 Å². The molecule has 0 spiro atoms. The number of rotatable bonds is 0. The van der Waals surface area contributed by atoms with Crippen LogP contribution in [-0.4, -0.2) is 5.78 Å². The quantitative estimate of drug-likeness (QED) is 0.112. The van der Waals surface area contributed by atoms with E-state index in [2.05, 4.69) is 200 Å². The molecule has 127 heavy (non-hydrogen) atoms. The van der Waals surface area contributed by atoms with E-state index >= 15 is 0 Å². The van der Waals surface area contributed by atoms with Crippen LogP contribution in [0, 0.1) is 35.5 Å². The van der Waals surface area contributed by atoms with Crippen molar-refractivity contribution in [2.45, 2.75) is 455 Å². The Morgan fingerprint density at radius 1 is 0.220 bits per heavy atom. The number of hydrogen-bond acceptors (Lipinski definition) is 1. The molecule has 0 heterocycles. The van der Waals surface area contributed by atoms with Crippen LogP contribution in [0.1, 0.15) is 471 Å². The molecule has 5 aromatic carbocycles. The van der Waals surface area contributed by atoms with E-state index in [0.29, 0.717) is 11.7 Å². The van der Waals surface area contributed by atoms with Gasteiger partial charge in [-0.2, -0.15) is 0 Å². The first-order valence-corrected chi connectivity index (χ1v) is 55.0. The number of aryl methyl sites for hydroxylation is 7. The van der Waals surface area contributed by atoms with Crippen LogP contribution in [0.4, 0.5) is 0 Å². The van der Waals surface area contributed by atoms with Gasteiger partial charge in [0.05, 0.1) is 0 Å². The number of ketones is 1. The summed E-state index contributed by atoms with van der Waals surface area (Å²) in [7, 11) is 0. The second-order valence-corrected chi connectivity index (χ2v) is 40.9. The molecular weight excluding hydrogens is 1530 g/mol. The Labute approximate surface area is 782 Å². The molecule has 4 bridgehead atoms. The first-order chi connectivity index (χ1) is 63.1. The van der Waals surface area contributed by atoms with Crippen LogP contribution in [0.5, 0.6) is 0 Å². The van der Waals surface area contributed by atoms with Crippen LogP contribution >= 0.6 is 0 Å². The molecule has 0 aliphatic heterocycles. The Hall–Kier alpha value is -6.57. The number of fused-ring (bicyclic) bond motifs is 8. The average molecular weight is 1710 g/mol. The fraction of sp³-hybridized carbons (Fsp3) is 0.611. The first kappa shape index (κ1) is 103. The van der Waals surface area contributed by atoms with Crippen LogP contribution < -0.4 is 0 Å². The highest BCUT2D eigenvalue weighted by Gasteiger charge is 2.42. The van der Waals surface area contributed by atoms with Gasteiger partial charge in [0.25, 0.3) is 0 Å². The highest BCUT2D eigenvalue weighted by atomic mass is 16.1. The fourth-order valence-corrected chi connectivity index (χ4v) is 22.1. The Bertz CT molecular complexity index is 3650. The van der Waals surface area contributed by atoms with E-state index in [1.165, 1.54) is 399 Å². The van der Waals surface area contributed by atoms with Gasteiger partial charge in [-0.05, 0) is 271 Å². The zero-order valence-corrected chi connectivity index (χ0v) is 81.3. The van der Waals surface area contributed by atoms with Crippen molar-refractivity contribution in [1.29, 1.82) is 0 Å². The average Bonchev–Trinajstić information content (AvgIpc) is 1.16. The molecule has 0 aromatic heterocycles. The summed E-state index contributed by atoms with van der Waals surface area (Å²) in [5.41, 5.74) is 15.8. The minimum absolute atomic E-state index is 0.312. The molecule has 0 radical (unpaired) electrons. The van der Waals surface area contributed by atoms with Crippen LogP contribution in [-0.2, 0) is 44.9 Å². The van der Waals surface area contributed by atoms with Gasteiger partial charge in [-0.25, -0.2) is 0 Å². The zero-order chi connectivity index (χ0) is 87.6. The molecule has 22 aliphatic carbocycles. The molecule has 1 unspecified atom stereocenters. The highest BCUT2D eigenvalue weighted by molar-refractivity contribution is 5.98. The molecule has 0 saturated heterocycles. The van der Waals surface area contributed by atoms with Crippen molar-refractivity contribution in [2.75, 3.05) is 0 Å². The molecule has 1 atom stereocenters. The predicted octanol–water partition coefficient (Wildman–Crippen LogP) is 38.7. The van der Waals surface area contributed by atoms with Gasteiger partial charge in [0.2, 0.25) is 0 Å². The molecule has 1 heteroatoms. The summed E-state index contributed by atoms with van der Waals surface area (Å²) in [6, 6.07) is 42.7. The highest BCUT2D eigenvalue weighted by Crippen LogP contribution is 2.53. The second kappa shape index (κ2) is 67.6. The maximum atomic E-state index is 11.3. The Kier molecular flexibility index (Phi) is 54.6. The lowest BCUT2D eigenvalue weighted by Crippen LogP contribution is -2.38. The molecular formula is C126H184O. The van der Waals surface area contributed by atoms with Crippen LogP contribution in [0.25, 0.3) is 6.08 Å². The van der Waals surface area contributed by atoms with Gasteiger partial charge >= 0.3 is 0 Å². The Morgan fingerprint density at radius 3 is 0.819 bits per heavy atom. The molecule has 12 saturated carbocycles. The van der Waals surface area contributed by atoms with E-state index in [0.717, 1.165) is 49.5 Å². The summed E-state index contributed by atoms with van der Waals surface area (Å²) in [5, 5.41) is 0. The van der Waals surface area contributed by atoms with E-state index in [1.807, 2.05) is 24.3 Å². The topological polar surface area (TPSA) is 17.1 Å². The third-order valence-corrected chi connectivity index (χ3v) is 30.1. The summed E-state index contributed by atoms with van der Waals surface area (Å²) in [4.78, 5) is 11.3. The molecule has 694 valence electrons. The van der Waals surface area contributed by atoms with Crippen molar-refractivity contribution in [3.63, 3.8) is 0 Å². The van der Waals surface area contributed by atoms with Crippen LogP contribution in [0.3, 0.4) is 0 Å². The standard InChI is InChI=1S/C13H10.C10H10O.C10H16.C10H18.C10H12.C9H10.C8H8.C8H16.C7H14.C6H12.C6H10.2C6H8.C5H10.C5H8.C4H8.C3H6/c1-3-7-12-10(5-1)9-11-6-2-4-8-13(11)12;11-10-7-3-5-8-4-1-2-6-9(8)10;1-7-2-9-4-8(1)5-10(3-7)6-9;2*1-2-6-10-8-4-3-7-9(10)5-1;1-2-5-9-7-3-6-8(9)4-1;1-2-4-8-6-5-7(8)3-1;1-2-4-6-8-7-5-3-1;1-2-4-6-7-5-3-1;4*1-2-4-6-5-3-1;2*1-2-4-5-3-1;1-2-4-3-1;1-2-3-1/h1-9,12H;1-2,4,6H,3,5,7H2;7-10H,1-6H2;9-10H,1-8H2;1-2,5-6H,3-4,7-8H2;1-2,4-5H,3,6-7H2;1-4H,5-6H2;1-8H2;1-7H2;1-6H2;1-2H,3-6H2;1-2,5-6H,3-4H2;1-4H,5-6H2;1-5H2;1-2H,3-5H2;1-4H2;1-3H2. The zero-order valence-electron chi connectivity index (χ0n) is 81.3. The van der Waals surface area contributed by atoms with Crippen molar-refractivity contribution < 1.29 is 4.79 Å². The maximum absolute atomic E-state index is 11.3. The van der Waals surface area contributed by atoms with Crippen LogP contribution in [0.15, 0.2) is 224 Å². The summed E-state index contributed by atoms with van der Waals surface area (Å²) < 4.78 is 0. The number of carbonyl (C=O) groups is 1. The largest absolute Gasteiger partial charge is 0.294 e. The van der Waals surface area contributed by atoms with Gasteiger partial charge in [-0.1, -0.05) is 488 Å². The van der Waals surface area contributed by atoms with Gasteiger partial charge < -0.3 is 0 Å². The molecule has 5 aromatic rings. The number of allylic oxidation sites excluding steroid dienone is 17. The lowest BCUT2D eigenvalue weighted by atomic mass is 9.56. The van der Waals surface area contributed by atoms with E-state index in [4.69, 9.17) is 0 Å². The van der Waals surface area contributed by atoms with Crippen molar-refractivity contribution in [1.82, 2.24) is 0 Å². The number of Topliss-reactive ketones (excluding diaryl/α,β-unsaturated/α-hetero) is 1. The van der Waals surface area contributed by atoms with E-state index < -0.39 is 0 Å². The van der Waals surface area contributed by atoms with Gasteiger partial charge in [0, 0.05) is 17.9 Å². The third kappa shape index (κ3) is 44.9. The second-order valence-electron chi connectivity index (χ2n) is 40.9. The monoisotopic (exact) mass is 1710 g/mol. The Balaban J connectivity index is 0.000000142. The Morgan fingerprint density at radius 2 is 0.520 bits per heavy atom. The normalized spacial score (nSPS) is 24.6. The van der Waals surface area contributed by atoms with Gasteiger partial charge in [-0.3, -0.25) is 4.79 Å². The van der Waals surface area contributed by atoms with Crippen molar-refractivity contribution in [3.05, 3.63) is 280 Å². The summed E-state index contributed by atoms with van der Waals surface area (Å²) >= 11 is 0. The smallest absolute Gasteiger partial charge is 0.163 e. The minimum Gasteiger partial charge on any atom is -0.294 e. The molecule has 27 rings (SSSR count). The third-order valence-electron chi connectivity index (χ3n) is 30.1. The first-order valence-electron chi connectivity index (χ1n) is 55.0. The molecule has 12 fully saturated rings. The SMILES string of the molecule is C1=CC2=Cc3ccccc3C2C=C1.C1=CCC=CC1.C1=CCCC1.C1=CCCC=C1.C1=CCCCC1.C1C2CC3CC1CC(C2)C3.C1CC1.C1CCC1.C1CCC2CCCCC2C1.C1CCCC1.C1CCCCC1.C1CCCCCC1.C1CCCCCCC1.O=C1CCCc2ccccc21.c1ccc2c(c1)CC2.c1ccc2c(c1)CCC2.c1ccc2c(c1)CCCC2. The fourth-order valence-electron chi connectivity index (χ4n) is 22.1. The van der Waals surface area contributed by atoms with Crippen LogP contribution in [0.2, 0.25) is 0 Å². The maximum Gasteiger partial charge on any atom is 0.163 e. The van der Waals surface area contributed by atoms with E-state index in [9.17, 15) is 4.79 Å².